The number of rotatable bonds is 5. The Hall–Kier alpha value is -2.16. The van der Waals surface area contributed by atoms with Gasteiger partial charge in [0.05, 0.1) is 19.4 Å². The number of para-hydroxylation sites is 2. The quantitative estimate of drug-likeness (QED) is 0.903. The average Bonchev–Trinajstić information content (AvgIpc) is 2.95. The minimum atomic E-state index is 0.818. The Morgan fingerprint density at radius 3 is 3.00 bits per heavy atom. The van der Waals surface area contributed by atoms with Crippen LogP contribution in [-0.4, -0.2) is 20.3 Å². The molecule has 0 aliphatic carbocycles. The van der Waals surface area contributed by atoms with Crippen LogP contribution in [0.5, 0.6) is 11.5 Å². The topological polar surface area (TPSA) is 30.5 Å². The summed E-state index contributed by atoms with van der Waals surface area (Å²) in [5.74, 6) is 1.93. The van der Waals surface area contributed by atoms with E-state index in [0.29, 0.717) is 0 Å². The van der Waals surface area contributed by atoms with Gasteiger partial charge in [0.15, 0.2) is 0 Å². The fourth-order valence-corrected chi connectivity index (χ4v) is 2.53. The normalized spacial score (nSPS) is 12.7. The van der Waals surface area contributed by atoms with Crippen molar-refractivity contribution >= 4 is 5.69 Å². The molecule has 0 unspecified atom stereocenters. The SMILES string of the molecule is COc1ccccc1NCCc1ccc2c(c1)CCO2. The Bertz CT molecular complexity index is 595. The van der Waals surface area contributed by atoms with Crippen molar-refractivity contribution in [3.05, 3.63) is 53.6 Å². The molecule has 104 valence electrons. The molecule has 0 spiro atoms. The number of methoxy groups -OCH3 is 1. The zero-order valence-corrected chi connectivity index (χ0v) is 11.7. The van der Waals surface area contributed by atoms with Gasteiger partial charge >= 0.3 is 0 Å². The molecule has 0 radical (unpaired) electrons. The van der Waals surface area contributed by atoms with Crippen molar-refractivity contribution in [1.29, 1.82) is 0 Å². The number of hydrogen-bond donors (Lipinski definition) is 1. The minimum Gasteiger partial charge on any atom is -0.495 e. The first-order valence-electron chi connectivity index (χ1n) is 6.98. The molecule has 1 aliphatic heterocycles. The van der Waals surface area contributed by atoms with Crippen molar-refractivity contribution in [1.82, 2.24) is 0 Å². The summed E-state index contributed by atoms with van der Waals surface area (Å²) in [7, 11) is 1.70. The van der Waals surface area contributed by atoms with E-state index in [9.17, 15) is 0 Å². The van der Waals surface area contributed by atoms with Crippen LogP contribution in [0.25, 0.3) is 0 Å². The van der Waals surface area contributed by atoms with Crippen LogP contribution in [0.3, 0.4) is 0 Å². The average molecular weight is 269 g/mol. The number of anilines is 1. The van der Waals surface area contributed by atoms with Gasteiger partial charge in [-0.05, 0) is 35.7 Å². The molecule has 0 atom stereocenters. The highest BCUT2D eigenvalue weighted by molar-refractivity contribution is 5.56. The first kappa shape index (κ1) is 12.9. The second-order valence-corrected chi connectivity index (χ2v) is 4.92. The second-order valence-electron chi connectivity index (χ2n) is 4.92. The molecule has 3 rings (SSSR count). The van der Waals surface area contributed by atoms with Crippen LogP contribution >= 0.6 is 0 Å². The predicted octanol–water partition coefficient (Wildman–Crippen LogP) is 3.28. The lowest BCUT2D eigenvalue weighted by atomic mass is 10.1. The molecule has 1 heterocycles. The molecule has 0 bridgehead atoms. The monoisotopic (exact) mass is 269 g/mol. The highest BCUT2D eigenvalue weighted by atomic mass is 16.5. The number of ether oxygens (including phenoxy) is 2. The third-order valence-electron chi connectivity index (χ3n) is 3.59. The Morgan fingerprint density at radius 1 is 1.20 bits per heavy atom. The van der Waals surface area contributed by atoms with Gasteiger partial charge in [-0.15, -0.1) is 0 Å². The number of fused-ring (bicyclic) bond motifs is 1. The molecule has 3 heteroatoms. The molecular formula is C17H19NO2. The Balaban J connectivity index is 1.60. The van der Waals surface area contributed by atoms with E-state index in [2.05, 4.69) is 23.5 Å². The summed E-state index contributed by atoms with van der Waals surface area (Å²) in [6.45, 7) is 1.71. The van der Waals surface area contributed by atoms with Gasteiger partial charge in [-0.25, -0.2) is 0 Å². The third-order valence-corrected chi connectivity index (χ3v) is 3.59. The van der Waals surface area contributed by atoms with Gasteiger partial charge in [0.25, 0.3) is 0 Å². The van der Waals surface area contributed by atoms with Crippen molar-refractivity contribution in [2.45, 2.75) is 12.8 Å². The summed E-state index contributed by atoms with van der Waals surface area (Å²) in [5, 5.41) is 3.42. The van der Waals surface area contributed by atoms with Crippen molar-refractivity contribution in [3.63, 3.8) is 0 Å². The van der Waals surface area contributed by atoms with Gasteiger partial charge < -0.3 is 14.8 Å². The standard InChI is InChI=1S/C17H19NO2/c1-19-17-5-3-2-4-15(17)18-10-8-13-6-7-16-14(12-13)9-11-20-16/h2-7,12,18H,8-11H2,1H3. The molecule has 1 aliphatic rings. The van der Waals surface area contributed by atoms with Gasteiger partial charge in [-0.3, -0.25) is 0 Å². The molecule has 20 heavy (non-hydrogen) atoms. The van der Waals surface area contributed by atoms with E-state index in [0.717, 1.165) is 43.2 Å². The molecule has 0 saturated heterocycles. The largest absolute Gasteiger partial charge is 0.495 e. The van der Waals surface area contributed by atoms with Crippen LogP contribution in [0.4, 0.5) is 5.69 Å². The van der Waals surface area contributed by atoms with Crippen LogP contribution in [-0.2, 0) is 12.8 Å². The van der Waals surface area contributed by atoms with Crippen LogP contribution in [0, 0.1) is 0 Å². The van der Waals surface area contributed by atoms with Crippen molar-refractivity contribution in [2.24, 2.45) is 0 Å². The summed E-state index contributed by atoms with van der Waals surface area (Å²) >= 11 is 0. The molecule has 1 N–H and O–H groups in total. The lowest BCUT2D eigenvalue weighted by Gasteiger charge is -2.11. The van der Waals surface area contributed by atoms with Crippen LogP contribution in [0.1, 0.15) is 11.1 Å². The summed E-state index contributed by atoms with van der Waals surface area (Å²) in [6, 6.07) is 14.5. The van der Waals surface area contributed by atoms with Gasteiger partial charge in [-0.2, -0.15) is 0 Å². The van der Waals surface area contributed by atoms with Gasteiger partial charge in [0, 0.05) is 13.0 Å². The highest BCUT2D eigenvalue weighted by Crippen LogP contribution is 2.26. The maximum absolute atomic E-state index is 5.53. The second kappa shape index (κ2) is 5.87. The van der Waals surface area contributed by atoms with Crippen molar-refractivity contribution in [3.8, 4) is 11.5 Å². The molecule has 0 saturated carbocycles. The Kier molecular flexibility index (Phi) is 3.77. The third kappa shape index (κ3) is 2.72. The minimum absolute atomic E-state index is 0.818. The molecule has 0 aromatic heterocycles. The molecule has 2 aromatic rings. The first-order valence-corrected chi connectivity index (χ1v) is 6.98. The molecule has 3 nitrogen and oxygen atoms in total. The summed E-state index contributed by atoms with van der Waals surface area (Å²) in [5.41, 5.74) is 3.72. The van der Waals surface area contributed by atoms with Crippen LogP contribution < -0.4 is 14.8 Å². The Morgan fingerprint density at radius 2 is 2.10 bits per heavy atom. The summed E-state index contributed by atoms with van der Waals surface area (Å²) < 4.78 is 10.9. The number of benzene rings is 2. The highest BCUT2D eigenvalue weighted by Gasteiger charge is 2.11. The van der Waals surface area contributed by atoms with E-state index >= 15 is 0 Å². The Labute approximate surface area is 119 Å². The smallest absolute Gasteiger partial charge is 0.141 e. The van der Waals surface area contributed by atoms with E-state index in [4.69, 9.17) is 9.47 Å². The fraction of sp³-hybridized carbons (Fsp3) is 0.294. The van der Waals surface area contributed by atoms with Crippen molar-refractivity contribution < 1.29 is 9.47 Å². The summed E-state index contributed by atoms with van der Waals surface area (Å²) in [4.78, 5) is 0. The van der Waals surface area contributed by atoms with E-state index in [-0.39, 0.29) is 0 Å². The van der Waals surface area contributed by atoms with Gasteiger partial charge in [0.2, 0.25) is 0 Å². The lowest BCUT2D eigenvalue weighted by Crippen LogP contribution is -2.06. The van der Waals surface area contributed by atoms with E-state index in [1.165, 1.54) is 11.1 Å². The van der Waals surface area contributed by atoms with E-state index in [1.807, 2.05) is 24.3 Å². The maximum atomic E-state index is 5.53. The first-order chi connectivity index (χ1) is 9.86. The number of nitrogens with one attached hydrogen (secondary N) is 1. The van der Waals surface area contributed by atoms with E-state index in [1.54, 1.807) is 7.11 Å². The molecule has 0 fully saturated rings. The number of hydrogen-bond acceptors (Lipinski definition) is 3. The fourth-order valence-electron chi connectivity index (χ4n) is 2.53. The zero-order chi connectivity index (χ0) is 13.8. The van der Waals surface area contributed by atoms with Crippen molar-refractivity contribution in [2.75, 3.05) is 25.6 Å². The van der Waals surface area contributed by atoms with Gasteiger partial charge in [0.1, 0.15) is 11.5 Å². The van der Waals surface area contributed by atoms with E-state index < -0.39 is 0 Å². The zero-order valence-electron chi connectivity index (χ0n) is 11.7. The van der Waals surface area contributed by atoms with Gasteiger partial charge in [-0.1, -0.05) is 24.3 Å². The van der Waals surface area contributed by atoms with Crippen LogP contribution in [0.15, 0.2) is 42.5 Å². The lowest BCUT2D eigenvalue weighted by molar-refractivity contribution is 0.357. The molecule has 2 aromatic carbocycles. The molecule has 0 amide bonds. The van der Waals surface area contributed by atoms with Crippen LogP contribution in [0.2, 0.25) is 0 Å². The maximum Gasteiger partial charge on any atom is 0.141 e. The predicted molar refractivity (Wildman–Crippen MR) is 80.8 cm³/mol. The summed E-state index contributed by atoms with van der Waals surface area (Å²) in [6.07, 6.45) is 2.02. The molecular weight excluding hydrogens is 250 g/mol.